The van der Waals surface area contributed by atoms with Gasteiger partial charge in [0.05, 0.1) is 12.2 Å². The first-order valence-electron chi connectivity index (χ1n) is 3.81. The fraction of sp³-hybridized carbons (Fsp3) is 0.429. The lowest BCUT2D eigenvalue weighted by Crippen LogP contribution is -2.03. The van der Waals surface area contributed by atoms with Gasteiger partial charge in [0.25, 0.3) is 0 Å². The number of rotatable bonds is 1. The third kappa shape index (κ3) is 0.939. The number of nitrogens with zero attached hydrogens (tertiary/aromatic N) is 5. The topological polar surface area (TPSA) is 56.5 Å². The van der Waals surface area contributed by atoms with Gasteiger partial charge in [0.2, 0.25) is 5.65 Å². The summed E-state index contributed by atoms with van der Waals surface area (Å²) >= 11 is 0. The molecule has 0 fully saturated rings. The molecule has 0 saturated heterocycles. The van der Waals surface area contributed by atoms with E-state index in [-0.39, 0.29) is 6.04 Å². The maximum atomic E-state index is 3.96. The largest absolute Gasteiger partial charge is 0.223 e. The van der Waals surface area contributed by atoms with Crippen LogP contribution in [0.2, 0.25) is 0 Å². The van der Waals surface area contributed by atoms with Gasteiger partial charge in [0.15, 0.2) is 0 Å². The molecular formula is C7H9N5. The Morgan fingerprint density at radius 2 is 2.17 bits per heavy atom. The molecule has 0 N–H and O–H groups in total. The quantitative estimate of drug-likeness (QED) is 0.624. The van der Waals surface area contributed by atoms with Crippen molar-refractivity contribution in [3.63, 3.8) is 0 Å². The Morgan fingerprint density at radius 3 is 2.92 bits per heavy atom. The number of aromatic nitrogens is 5. The van der Waals surface area contributed by atoms with Crippen molar-refractivity contribution in [3.05, 3.63) is 12.3 Å². The minimum absolute atomic E-state index is 0.270. The van der Waals surface area contributed by atoms with Crippen molar-refractivity contribution in [1.82, 2.24) is 25.2 Å². The first kappa shape index (κ1) is 7.15. The molecule has 12 heavy (non-hydrogen) atoms. The molecule has 0 bridgehead atoms. The van der Waals surface area contributed by atoms with E-state index in [4.69, 9.17) is 0 Å². The highest BCUT2D eigenvalue weighted by Crippen LogP contribution is 2.10. The summed E-state index contributed by atoms with van der Waals surface area (Å²) < 4.78 is 1.75. The smallest absolute Gasteiger partial charge is 0.200 e. The number of hydrogen-bond donors (Lipinski definition) is 0. The molecule has 0 aliphatic rings. The Balaban J connectivity index is 2.70. The van der Waals surface area contributed by atoms with Gasteiger partial charge in [0.1, 0.15) is 5.52 Å². The Labute approximate surface area is 69.4 Å². The molecule has 0 aromatic carbocycles. The van der Waals surface area contributed by atoms with Crippen LogP contribution in [0.25, 0.3) is 11.2 Å². The molecule has 0 radical (unpaired) electrons. The minimum atomic E-state index is 0.270. The summed E-state index contributed by atoms with van der Waals surface area (Å²) in [5.74, 6) is 0. The predicted molar refractivity (Wildman–Crippen MR) is 43.5 cm³/mol. The van der Waals surface area contributed by atoms with Crippen LogP contribution in [0.4, 0.5) is 0 Å². The average molecular weight is 163 g/mol. The first-order valence-corrected chi connectivity index (χ1v) is 3.81. The van der Waals surface area contributed by atoms with Crippen LogP contribution in [-0.2, 0) is 0 Å². The van der Waals surface area contributed by atoms with Crippen molar-refractivity contribution >= 4 is 11.2 Å². The van der Waals surface area contributed by atoms with E-state index in [1.165, 1.54) is 0 Å². The highest BCUT2D eigenvalue weighted by Gasteiger charge is 2.07. The number of fused-ring (bicyclic) bond motifs is 1. The fourth-order valence-electron chi connectivity index (χ4n) is 1.05. The predicted octanol–water partition coefficient (Wildman–Crippen LogP) is 0.802. The van der Waals surface area contributed by atoms with E-state index in [0.717, 1.165) is 11.2 Å². The molecule has 0 aliphatic carbocycles. The summed E-state index contributed by atoms with van der Waals surface area (Å²) in [6.45, 7) is 4.06. The maximum Gasteiger partial charge on any atom is 0.200 e. The summed E-state index contributed by atoms with van der Waals surface area (Å²) in [6.07, 6.45) is 1.61. The van der Waals surface area contributed by atoms with Gasteiger partial charge >= 0.3 is 0 Å². The molecule has 0 atom stereocenters. The second kappa shape index (κ2) is 2.51. The van der Waals surface area contributed by atoms with E-state index < -0.39 is 0 Å². The van der Waals surface area contributed by atoms with Crippen molar-refractivity contribution in [2.24, 2.45) is 0 Å². The maximum absolute atomic E-state index is 3.96. The second-order valence-corrected chi connectivity index (χ2v) is 2.87. The lowest BCUT2D eigenvalue weighted by molar-refractivity contribution is 0.525. The van der Waals surface area contributed by atoms with Crippen LogP contribution in [0.3, 0.4) is 0 Å². The molecule has 2 rings (SSSR count). The monoisotopic (exact) mass is 163 g/mol. The summed E-state index contributed by atoms with van der Waals surface area (Å²) in [5, 5.41) is 15.6. The van der Waals surface area contributed by atoms with Crippen LogP contribution < -0.4 is 0 Å². The van der Waals surface area contributed by atoms with Gasteiger partial charge in [-0.3, -0.25) is 0 Å². The van der Waals surface area contributed by atoms with Crippen molar-refractivity contribution in [1.29, 1.82) is 0 Å². The van der Waals surface area contributed by atoms with Crippen molar-refractivity contribution in [3.8, 4) is 0 Å². The second-order valence-electron chi connectivity index (χ2n) is 2.87. The van der Waals surface area contributed by atoms with Gasteiger partial charge < -0.3 is 0 Å². The van der Waals surface area contributed by atoms with Crippen molar-refractivity contribution in [2.75, 3.05) is 0 Å². The molecule has 2 heterocycles. The summed E-state index contributed by atoms with van der Waals surface area (Å²) in [6, 6.07) is 2.07. The zero-order valence-corrected chi connectivity index (χ0v) is 6.97. The van der Waals surface area contributed by atoms with E-state index >= 15 is 0 Å². The number of hydrogen-bond acceptors (Lipinski definition) is 4. The molecule has 2 aromatic heterocycles. The van der Waals surface area contributed by atoms with Gasteiger partial charge in [-0.05, 0) is 19.9 Å². The SMILES string of the molecule is CC(C)n1nnc2ccnnc21. The van der Waals surface area contributed by atoms with Crippen LogP contribution >= 0.6 is 0 Å². The van der Waals surface area contributed by atoms with Crippen LogP contribution in [0.5, 0.6) is 0 Å². The summed E-state index contributed by atoms with van der Waals surface area (Å²) in [7, 11) is 0. The Morgan fingerprint density at radius 1 is 1.33 bits per heavy atom. The molecule has 0 unspecified atom stereocenters. The van der Waals surface area contributed by atoms with Gasteiger partial charge in [-0.25, -0.2) is 4.68 Å². The summed E-state index contributed by atoms with van der Waals surface area (Å²) in [5.41, 5.74) is 1.53. The van der Waals surface area contributed by atoms with Gasteiger partial charge in [-0.1, -0.05) is 5.21 Å². The Hall–Kier alpha value is -1.52. The standard InChI is InChI=1S/C7H9N5/c1-5(2)12-7-6(9-11-12)3-4-8-10-7/h3-5H,1-2H3. The Bertz CT molecular complexity index is 391. The zero-order chi connectivity index (χ0) is 8.55. The van der Waals surface area contributed by atoms with Gasteiger partial charge in [0, 0.05) is 0 Å². The van der Waals surface area contributed by atoms with Gasteiger partial charge in [-0.15, -0.1) is 10.2 Å². The molecule has 2 aromatic rings. The van der Waals surface area contributed by atoms with Crippen LogP contribution in [0.15, 0.2) is 12.3 Å². The molecule has 0 aliphatic heterocycles. The molecule has 5 heteroatoms. The average Bonchev–Trinajstić information content (AvgIpc) is 2.47. The van der Waals surface area contributed by atoms with E-state index in [9.17, 15) is 0 Å². The molecule has 5 nitrogen and oxygen atoms in total. The van der Waals surface area contributed by atoms with Crippen LogP contribution in [0, 0.1) is 0 Å². The van der Waals surface area contributed by atoms with Crippen molar-refractivity contribution in [2.45, 2.75) is 19.9 Å². The molecule has 62 valence electrons. The van der Waals surface area contributed by atoms with E-state index in [1.807, 2.05) is 13.8 Å². The highest BCUT2D eigenvalue weighted by atomic mass is 15.5. The molecule has 0 saturated carbocycles. The lowest BCUT2D eigenvalue weighted by Gasteiger charge is -2.02. The normalized spacial score (nSPS) is 11.2. The molecule has 0 amide bonds. The third-order valence-electron chi connectivity index (χ3n) is 1.64. The third-order valence-corrected chi connectivity index (χ3v) is 1.64. The minimum Gasteiger partial charge on any atom is -0.223 e. The van der Waals surface area contributed by atoms with Crippen LogP contribution in [0.1, 0.15) is 19.9 Å². The van der Waals surface area contributed by atoms with Gasteiger partial charge in [-0.2, -0.15) is 5.10 Å². The molecule has 0 spiro atoms. The lowest BCUT2D eigenvalue weighted by atomic mass is 10.4. The van der Waals surface area contributed by atoms with Crippen molar-refractivity contribution < 1.29 is 0 Å². The highest BCUT2D eigenvalue weighted by molar-refractivity contribution is 5.68. The van der Waals surface area contributed by atoms with E-state index in [1.54, 1.807) is 16.9 Å². The van der Waals surface area contributed by atoms with E-state index in [0.29, 0.717) is 0 Å². The fourth-order valence-corrected chi connectivity index (χ4v) is 1.05. The van der Waals surface area contributed by atoms with Crippen LogP contribution in [-0.4, -0.2) is 25.2 Å². The zero-order valence-electron chi connectivity index (χ0n) is 6.97. The van der Waals surface area contributed by atoms with E-state index in [2.05, 4.69) is 20.5 Å². The Kier molecular flexibility index (Phi) is 1.49. The first-order chi connectivity index (χ1) is 5.79. The summed E-state index contributed by atoms with van der Waals surface area (Å²) in [4.78, 5) is 0. The molecular weight excluding hydrogens is 154 g/mol.